The highest BCUT2D eigenvalue weighted by Crippen LogP contribution is 2.26. The Hall–Kier alpha value is -0.590. The summed E-state index contributed by atoms with van der Waals surface area (Å²) in [6.45, 7) is 0. The van der Waals surface area contributed by atoms with Crippen molar-refractivity contribution in [1.82, 2.24) is 9.15 Å². The minimum atomic E-state index is -4.41. The van der Waals surface area contributed by atoms with Crippen molar-refractivity contribution in [3.63, 3.8) is 0 Å². The van der Waals surface area contributed by atoms with Crippen LogP contribution in [0.15, 0.2) is 17.1 Å². The summed E-state index contributed by atoms with van der Waals surface area (Å²) >= 11 is 2.67. The summed E-state index contributed by atoms with van der Waals surface area (Å²) in [7, 11) is 0. The van der Waals surface area contributed by atoms with Gasteiger partial charge in [-0.25, -0.2) is 0 Å². The van der Waals surface area contributed by atoms with Crippen molar-refractivity contribution < 1.29 is 13.2 Å². The van der Waals surface area contributed by atoms with Crippen LogP contribution in [-0.2, 0) is 0 Å². The van der Waals surface area contributed by atoms with Gasteiger partial charge in [-0.05, 0) is 0 Å². The molecular weight excluding hydrogens is 215 g/mol. The molecule has 0 aromatic heterocycles. The van der Waals surface area contributed by atoms with Crippen molar-refractivity contribution in [2.24, 2.45) is 5.22 Å². The van der Waals surface area contributed by atoms with E-state index < -0.39 is 11.9 Å². The minimum Gasteiger partial charge on any atom is -0.162 e. The van der Waals surface area contributed by atoms with Crippen LogP contribution in [0.2, 0.25) is 0 Å². The standard InChI is InChI=1S/C3HBrF3N3/c4-10-1-2(8-9-10)3(5,6)7/h1H/q+1. The van der Waals surface area contributed by atoms with Gasteiger partial charge in [0.25, 0.3) is 0 Å². The molecule has 7 heteroatoms. The molecule has 1 heterocycles. The molecule has 0 N–H and O–H groups in total. The topological polar surface area (TPSA) is 29.7 Å². The van der Waals surface area contributed by atoms with Crippen LogP contribution in [0.3, 0.4) is 0 Å². The van der Waals surface area contributed by atoms with Gasteiger partial charge in [0.15, 0.2) is 6.20 Å². The first-order valence-corrected chi connectivity index (χ1v) is 2.87. The summed E-state index contributed by atoms with van der Waals surface area (Å²) in [5.41, 5.74) is -1.01. The third-order valence-electron chi connectivity index (χ3n) is 0.757. The zero-order valence-corrected chi connectivity index (χ0v) is 6.02. The lowest BCUT2D eigenvalue weighted by Gasteiger charge is -1.93. The molecule has 0 saturated carbocycles. The van der Waals surface area contributed by atoms with Crippen molar-refractivity contribution in [2.75, 3.05) is 0 Å². The van der Waals surface area contributed by atoms with Gasteiger partial charge < -0.3 is 0 Å². The quantitative estimate of drug-likeness (QED) is 0.567. The highest BCUT2D eigenvalue weighted by molar-refractivity contribution is 9.07. The largest absolute Gasteiger partial charge is 0.464 e. The van der Waals surface area contributed by atoms with Crippen molar-refractivity contribution >= 4 is 16.1 Å². The summed E-state index contributed by atoms with van der Waals surface area (Å²) in [4.78, 5) is 0. The van der Waals surface area contributed by atoms with Gasteiger partial charge in [-0.1, -0.05) is 4.03 Å². The third kappa shape index (κ3) is 1.47. The molecule has 0 aromatic carbocycles. The number of hydrogen-bond donors (Lipinski definition) is 0. The number of rotatable bonds is 0. The average molecular weight is 216 g/mol. The second-order valence-corrected chi connectivity index (χ2v) is 2.22. The van der Waals surface area contributed by atoms with Gasteiger partial charge in [-0.3, -0.25) is 0 Å². The lowest BCUT2D eigenvalue weighted by atomic mass is 10.5. The second-order valence-electron chi connectivity index (χ2n) is 1.49. The minimum absolute atomic E-state index is 0.736. The molecule has 0 aromatic rings. The molecule has 1 aliphatic rings. The Morgan fingerprint density at radius 1 is 1.60 bits per heavy atom. The van der Waals surface area contributed by atoms with Crippen LogP contribution in [0.4, 0.5) is 13.2 Å². The van der Waals surface area contributed by atoms with Gasteiger partial charge in [0.05, 0.1) is 5.11 Å². The second kappa shape index (κ2) is 2.22. The number of alkyl halides is 3. The van der Waals surface area contributed by atoms with Gasteiger partial charge >= 0.3 is 11.9 Å². The Balaban J connectivity index is 2.78. The molecule has 1 radical (unpaired) electrons. The molecule has 10 heavy (non-hydrogen) atoms. The molecule has 0 spiro atoms. The maximum absolute atomic E-state index is 11.7. The highest BCUT2D eigenvalue weighted by Gasteiger charge is 2.44. The third-order valence-corrected chi connectivity index (χ3v) is 1.10. The number of hydrogen-bond acceptors (Lipinski definition) is 3. The molecule has 0 aliphatic carbocycles. The van der Waals surface area contributed by atoms with E-state index in [2.05, 4.69) is 26.5 Å². The van der Waals surface area contributed by atoms with Crippen molar-refractivity contribution in [3.05, 3.63) is 11.9 Å². The van der Waals surface area contributed by atoms with E-state index in [1.54, 1.807) is 0 Å². The first kappa shape index (κ1) is 7.52. The monoisotopic (exact) mass is 215 g/mol. The van der Waals surface area contributed by atoms with Crippen LogP contribution in [0.1, 0.15) is 0 Å². The lowest BCUT2D eigenvalue weighted by Crippen LogP contribution is -2.13. The zero-order valence-electron chi connectivity index (χ0n) is 4.43. The molecule has 55 valence electrons. The smallest absolute Gasteiger partial charge is 0.162 e. The van der Waals surface area contributed by atoms with Crippen LogP contribution >= 0.6 is 16.1 Å². The summed E-state index contributed by atoms with van der Waals surface area (Å²) in [6.07, 6.45) is -3.67. The Labute approximate surface area is 62.5 Å². The fourth-order valence-electron chi connectivity index (χ4n) is 0.373. The number of nitrogens with zero attached hydrogens (tertiary/aromatic N) is 3. The van der Waals surface area contributed by atoms with E-state index in [1.807, 2.05) is 0 Å². The maximum atomic E-state index is 11.7. The van der Waals surface area contributed by atoms with Gasteiger partial charge in [0.2, 0.25) is 16.1 Å². The van der Waals surface area contributed by atoms with Crippen LogP contribution in [0, 0.1) is 0 Å². The van der Waals surface area contributed by atoms with Crippen LogP contribution in [-0.4, -0.2) is 10.2 Å². The Bertz CT molecular complexity index is 196. The van der Waals surface area contributed by atoms with Gasteiger partial charge in [-0.2, -0.15) is 13.2 Å². The average Bonchev–Trinajstić information content (AvgIpc) is 2.11. The van der Waals surface area contributed by atoms with Gasteiger partial charge in [-0.15, -0.1) is 0 Å². The van der Waals surface area contributed by atoms with E-state index in [0.717, 1.165) is 10.2 Å². The molecule has 1 aliphatic heterocycles. The van der Waals surface area contributed by atoms with Crippen LogP contribution in [0.5, 0.6) is 0 Å². The Kier molecular flexibility index (Phi) is 1.67. The Morgan fingerprint density at radius 2 is 2.20 bits per heavy atom. The molecule has 0 atom stereocenters. The summed E-state index contributed by atoms with van der Waals surface area (Å²) in [5, 5.41) is 5.87. The lowest BCUT2D eigenvalue weighted by molar-refractivity contribution is -0.0946. The summed E-state index contributed by atoms with van der Waals surface area (Å²) in [5.74, 6) is 0. The van der Waals surface area contributed by atoms with Crippen LogP contribution in [0.25, 0.3) is 0 Å². The first-order chi connectivity index (χ1) is 4.50. The fourth-order valence-corrected chi connectivity index (χ4v) is 0.638. The fraction of sp³-hybridized carbons (Fsp3) is 0.333. The van der Waals surface area contributed by atoms with Gasteiger partial charge in [0.1, 0.15) is 5.22 Å². The maximum Gasteiger partial charge on any atom is 0.464 e. The predicted octanol–water partition coefficient (Wildman–Crippen LogP) is 1.72. The predicted molar refractivity (Wildman–Crippen MR) is 29.5 cm³/mol. The molecule has 0 amide bonds. The normalized spacial score (nSPS) is 18.0. The van der Waals surface area contributed by atoms with Crippen molar-refractivity contribution in [3.8, 4) is 0 Å². The highest BCUT2D eigenvalue weighted by atomic mass is 79.9. The van der Waals surface area contributed by atoms with E-state index in [-0.39, 0.29) is 0 Å². The molecule has 0 bridgehead atoms. The number of halogens is 4. The molecular formula is C3HBrF3N3+. The van der Waals surface area contributed by atoms with E-state index in [4.69, 9.17) is 0 Å². The molecule has 0 saturated heterocycles. The van der Waals surface area contributed by atoms with Crippen LogP contribution < -0.4 is 5.11 Å². The summed E-state index contributed by atoms with van der Waals surface area (Å²) in [6, 6.07) is 0. The molecule has 1 rings (SSSR count). The van der Waals surface area contributed by atoms with Gasteiger partial charge in [0, 0.05) is 0 Å². The Morgan fingerprint density at radius 3 is 2.40 bits per heavy atom. The summed E-state index contributed by atoms with van der Waals surface area (Å²) < 4.78 is 35.8. The number of allylic oxidation sites excluding steroid dienone is 1. The van der Waals surface area contributed by atoms with E-state index in [9.17, 15) is 13.2 Å². The van der Waals surface area contributed by atoms with Crippen molar-refractivity contribution in [2.45, 2.75) is 6.18 Å². The van der Waals surface area contributed by atoms with E-state index >= 15 is 0 Å². The van der Waals surface area contributed by atoms with E-state index in [1.165, 1.54) is 0 Å². The van der Waals surface area contributed by atoms with Crippen molar-refractivity contribution in [1.29, 1.82) is 0 Å². The first-order valence-electron chi connectivity index (χ1n) is 2.16. The molecule has 3 nitrogen and oxygen atoms in total. The zero-order chi connectivity index (χ0) is 7.78. The molecule has 0 unspecified atom stereocenters. The van der Waals surface area contributed by atoms with E-state index in [0.29, 0.717) is 0 Å². The SMILES string of the molecule is FC(F)(F)C1=CN(Br)N=[N+]1. The molecule has 0 fully saturated rings.